The first-order valence-corrected chi connectivity index (χ1v) is 6.07. The Hall–Kier alpha value is -1.06. The van der Waals surface area contributed by atoms with Crippen molar-refractivity contribution in [2.24, 2.45) is 0 Å². The molecule has 0 spiro atoms. The summed E-state index contributed by atoms with van der Waals surface area (Å²) in [6.07, 6.45) is 0.188. The molecule has 3 nitrogen and oxygen atoms in total. The van der Waals surface area contributed by atoms with Crippen LogP contribution in [0.2, 0.25) is 5.02 Å². The summed E-state index contributed by atoms with van der Waals surface area (Å²) in [5, 5.41) is 0.126. The highest BCUT2D eigenvalue weighted by atomic mass is 35.5. The molecule has 0 aromatic heterocycles. The second kappa shape index (κ2) is 6.62. The molecule has 0 bridgehead atoms. The summed E-state index contributed by atoms with van der Waals surface area (Å²) in [5.41, 5.74) is 0.506. The molecule has 1 aromatic rings. The first-order valence-electron chi connectivity index (χ1n) is 5.16. The molecular formula is C12H12Cl2O3. The topological polar surface area (TPSA) is 43.4 Å². The van der Waals surface area contributed by atoms with Gasteiger partial charge >= 0.3 is 5.97 Å². The molecule has 0 amide bonds. The Kier molecular flexibility index (Phi) is 5.45. The average Bonchev–Trinajstić information content (AvgIpc) is 2.29. The average molecular weight is 275 g/mol. The van der Waals surface area contributed by atoms with Gasteiger partial charge in [0, 0.05) is 17.9 Å². The summed E-state index contributed by atoms with van der Waals surface area (Å²) in [5.74, 6) is -0.493. The summed E-state index contributed by atoms with van der Waals surface area (Å²) < 4.78 is 4.84. The number of rotatable bonds is 5. The van der Waals surface area contributed by atoms with E-state index in [1.807, 2.05) is 0 Å². The number of benzene rings is 1. The molecule has 1 aromatic carbocycles. The third-order valence-electron chi connectivity index (χ3n) is 2.12. The first-order chi connectivity index (χ1) is 8.11. The number of carbonyl (C=O) groups excluding carboxylic acids is 2. The second-order valence-electron chi connectivity index (χ2n) is 3.25. The molecule has 0 atom stereocenters. The predicted octanol–water partition coefficient (Wildman–Crippen LogP) is 3.33. The van der Waals surface area contributed by atoms with E-state index in [0.29, 0.717) is 5.56 Å². The number of ether oxygens (including phenoxy) is 1. The van der Waals surface area contributed by atoms with Crippen LogP contribution in [-0.4, -0.2) is 24.2 Å². The summed E-state index contributed by atoms with van der Waals surface area (Å²) >= 11 is 11.5. The van der Waals surface area contributed by atoms with Crippen LogP contribution in [0.3, 0.4) is 0 Å². The highest BCUT2D eigenvalue weighted by Crippen LogP contribution is 2.23. The third-order valence-corrected chi connectivity index (χ3v) is 2.71. The molecule has 1 rings (SSSR count). The van der Waals surface area contributed by atoms with Crippen molar-refractivity contribution in [2.45, 2.75) is 13.3 Å². The molecular weight excluding hydrogens is 263 g/mol. The molecule has 92 valence electrons. The lowest BCUT2D eigenvalue weighted by atomic mass is 10.1. The Labute approximate surface area is 110 Å². The van der Waals surface area contributed by atoms with Crippen molar-refractivity contribution in [1.29, 1.82) is 0 Å². The normalized spacial score (nSPS) is 10.1. The molecule has 5 heteroatoms. The van der Waals surface area contributed by atoms with Gasteiger partial charge in [-0.15, -0.1) is 11.6 Å². The fourth-order valence-corrected chi connectivity index (χ4v) is 1.81. The summed E-state index contributed by atoms with van der Waals surface area (Å²) in [6.45, 7) is 1.96. The van der Waals surface area contributed by atoms with E-state index in [9.17, 15) is 9.59 Å². The maximum absolute atomic E-state index is 11.7. The van der Waals surface area contributed by atoms with Crippen molar-refractivity contribution < 1.29 is 14.3 Å². The van der Waals surface area contributed by atoms with Crippen LogP contribution < -0.4 is 0 Å². The van der Waals surface area contributed by atoms with Gasteiger partial charge in [0.05, 0.1) is 17.2 Å². The molecule has 0 heterocycles. The Bertz CT molecular complexity index is 394. The monoisotopic (exact) mass is 274 g/mol. The molecule has 0 saturated heterocycles. The summed E-state index contributed by atoms with van der Waals surface area (Å²) in [6, 6.07) is 4.69. The van der Waals surface area contributed by atoms with Crippen LogP contribution in [0.25, 0.3) is 0 Å². The van der Waals surface area contributed by atoms with E-state index in [1.165, 1.54) is 6.07 Å². The maximum Gasteiger partial charge on any atom is 0.339 e. The van der Waals surface area contributed by atoms with Crippen molar-refractivity contribution in [3.63, 3.8) is 0 Å². The van der Waals surface area contributed by atoms with Gasteiger partial charge in [-0.2, -0.15) is 0 Å². The van der Waals surface area contributed by atoms with Crippen LogP contribution in [0, 0.1) is 0 Å². The van der Waals surface area contributed by atoms with Crippen molar-refractivity contribution in [3.8, 4) is 0 Å². The standard InChI is InChI=1S/C12H12Cl2O3/c1-2-17-12(16)9-5-3-4-8(11(9)14)10(15)6-7-13/h3-5H,2,6-7H2,1H3. The van der Waals surface area contributed by atoms with E-state index < -0.39 is 5.97 Å². The van der Waals surface area contributed by atoms with E-state index in [0.717, 1.165) is 0 Å². The minimum atomic E-state index is -0.530. The molecule has 17 heavy (non-hydrogen) atoms. The smallest absolute Gasteiger partial charge is 0.339 e. The largest absolute Gasteiger partial charge is 0.462 e. The zero-order valence-corrected chi connectivity index (χ0v) is 10.8. The SMILES string of the molecule is CCOC(=O)c1cccc(C(=O)CCCl)c1Cl. The lowest BCUT2D eigenvalue weighted by Crippen LogP contribution is -2.09. The summed E-state index contributed by atoms with van der Waals surface area (Å²) in [7, 11) is 0. The number of hydrogen-bond acceptors (Lipinski definition) is 3. The molecule has 0 aliphatic rings. The van der Waals surface area contributed by atoms with E-state index in [-0.39, 0.29) is 35.3 Å². The highest BCUT2D eigenvalue weighted by molar-refractivity contribution is 6.37. The van der Waals surface area contributed by atoms with Gasteiger partial charge in [-0.3, -0.25) is 4.79 Å². The number of hydrogen-bond donors (Lipinski definition) is 0. The zero-order valence-electron chi connectivity index (χ0n) is 9.33. The van der Waals surface area contributed by atoms with Gasteiger partial charge in [0.15, 0.2) is 5.78 Å². The van der Waals surface area contributed by atoms with Gasteiger partial charge in [0.1, 0.15) is 0 Å². The van der Waals surface area contributed by atoms with Gasteiger partial charge in [-0.05, 0) is 19.1 Å². The lowest BCUT2D eigenvalue weighted by molar-refractivity contribution is 0.0526. The molecule has 0 saturated carbocycles. The Morgan fingerprint density at radius 2 is 1.94 bits per heavy atom. The van der Waals surface area contributed by atoms with E-state index in [1.54, 1.807) is 19.1 Å². The van der Waals surface area contributed by atoms with Gasteiger partial charge < -0.3 is 4.74 Å². The van der Waals surface area contributed by atoms with Crippen LogP contribution in [0.4, 0.5) is 0 Å². The van der Waals surface area contributed by atoms with Crippen LogP contribution >= 0.6 is 23.2 Å². The van der Waals surface area contributed by atoms with Crippen molar-refractivity contribution in [2.75, 3.05) is 12.5 Å². The number of ketones is 1. The van der Waals surface area contributed by atoms with Crippen LogP contribution in [0.15, 0.2) is 18.2 Å². The number of esters is 1. The number of Topliss-reactive ketones (excluding diaryl/α,β-unsaturated/α-hetero) is 1. The van der Waals surface area contributed by atoms with E-state index in [2.05, 4.69) is 0 Å². The van der Waals surface area contributed by atoms with Crippen LogP contribution in [0.1, 0.15) is 34.1 Å². The van der Waals surface area contributed by atoms with E-state index >= 15 is 0 Å². The first kappa shape index (κ1) is 14.0. The fourth-order valence-electron chi connectivity index (χ4n) is 1.33. The van der Waals surface area contributed by atoms with Crippen LogP contribution in [-0.2, 0) is 4.74 Å². The van der Waals surface area contributed by atoms with Gasteiger partial charge in [0.2, 0.25) is 0 Å². The van der Waals surface area contributed by atoms with Gasteiger partial charge in [0.25, 0.3) is 0 Å². The molecule has 0 radical (unpaired) electrons. The molecule has 0 aliphatic carbocycles. The predicted molar refractivity (Wildman–Crippen MR) is 67.1 cm³/mol. The molecule has 0 N–H and O–H groups in total. The lowest BCUT2D eigenvalue weighted by Gasteiger charge is -2.07. The third kappa shape index (κ3) is 3.45. The number of alkyl halides is 1. The Morgan fingerprint density at radius 3 is 2.53 bits per heavy atom. The van der Waals surface area contributed by atoms with Crippen molar-refractivity contribution in [1.82, 2.24) is 0 Å². The number of carbonyl (C=O) groups is 2. The van der Waals surface area contributed by atoms with Crippen molar-refractivity contribution >= 4 is 35.0 Å². The van der Waals surface area contributed by atoms with Gasteiger partial charge in [-0.25, -0.2) is 4.79 Å². The minimum absolute atomic E-state index is 0.126. The van der Waals surface area contributed by atoms with E-state index in [4.69, 9.17) is 27.9 Å². The van der Waals surface area contributed by atoms with Crippen molar-refractivity contribution in [3.05, 3.63) is 34.3 Å². The Morgan fingerprint density at radius 1 is 1.29 bits per heavy atom. The Balaban J connectivity index is 3.07. The van der Waals surface area contributed by atoms with Gasteiger partial charge in [-0.1, -0.05) is 17.7 Å². The summed E-state index contributed by atoms with van der Waals surface area (Å²) in [4.78, 5) is 23.2. The maximum atomic E-state index is 11.7. The minimum Gasteiger partial charge on any atom is -0.462 e. The highest BCUT2D eigenvalue weighted by Gasteiger charge is 2.17. The molecule has 0 fully saturated rings. The zero-order chi connectivity index (χ0) is 12.8. The quantitative estimate of drug-likeness (QED) is 0.470. The molecule has 0 unspecified atom stereocenters. The second-order valence-corrected chi connectivity index (χ2v) is 4.01. The van der Waals surface area contributed by atoms with Crippen LogP contribution in [0.5, 0.6) is 0 Å². The molecule has 0 aliphatic heterocycles. The number of halogens is 2. The fraction of sp³-hybridized carbons (Fsp3) is 0.333.